The van der Waals surface area contributed by atoms with E-state index in [-0.39, 0.29) is 0 Å². The zero-order chi connectivity index (χ0) is 14.2. The van der Waals surface area contributed by atoms with Gasteiger partial charge in [0, 0.05) is 6.07 Å². The molecule has 20 heavy (non-hydrogen) atoms. The fraction of sp³-hybridized carbons (Fsp3) is 0.500. The van der Waals surface area contributed by atoms with E-state index in [2.05, 4.69) is 6.07 Å². The third-order valence-electron chi connectivity index (χ3n) is 3.79. The summed E-state index contributed by atoms with van der Waals surface area (Å²) in [7, 11) is 1.30. The zero-order valence-corrected chi connectivity index (χ0v) is 11.2. The van der Waals surface area contributed by atoms with Gasteiger partial charge in [-0.3, -0.25) is 0 Å². The highest BCUT2D eigenvalue weighted by molar-refractivity contribution is 5.50. The minimum atomic E-state index is -0.553. The molecule has 0 aromatic heterocycles. The van der Waals surface area contributed by atoms with Crippen molar-refractivity contribution in [3.63, 3.8) is 0 Å². The third kappa shape index (κ3) is 2.05. The summed E-state index contributed by atoms with van der Waals surface area (Å²) in [4.78, 5) is 17.0. The molecule has 0 N–H and O–H groups in total. The highest BCUT2D eigenvalue weighted by Crippen LogP contribution is 2.49. The van der Waals surface area contributed by atoms with Gasteiger partial charge in [-0.1, -0.05) is 6.07 Å². The largest absolute Gasteiger partial charge is 0.346 e. The van der Waals surface area contributed by atoms with Crippen molar-refractivity contribution in [3.8, 4) is 6.07 Å². The van der Waals surface area contributed by atoms with Gasteiger partial charge in [0.05, 0.1) is 35.2 Å². The third-order valence-corrected chi connectivity index (χ3v) is 3.79. The summed E-state index contributed by atoms with van der Waals surface area (Å²) in [5, 5.41) is 9.26. The fourth-order valence-electron chi connectivity index (χ4n) is 2.43. The number of benzene rings is 1. The first-order valence-electron chi connectivity index (χ1n) is 6.50. The van der Waals surface area contributed by atoms with Gasteiger partial charge in [-0.05, 0) is 24.5 Å². The predicted molar refractivity (Wildman–Crippen MR) is 67.9 cm³/mol. The van der Waals surface area contributed by atoms with Crippen molar-refractivity contribution in [2.45, 2.75) is 24.5 Å². The number of nitrogens with zero attached hydrogens (tertiary/aromatic N) is 2. The quantitative estimate of drug-likeness (QED) is 0.788. The van der Waals surface area contributed by atoms with Gasteiger partial charge < -0.3 is 9.47 Å². The molecule has 0 unspecified atom stereocenters. The van der Waals surface area contributed by atoms with Crippen LogP contribution in [0.2, 0.25) is 0 Å². The van der Waals surface area contributed by atoms with Crippen LogP contribution in [0.3, 0.4) is 0 Å². The van der Waals surface area contributed by atoms with Crippen LogP contribution in [0.25, 0.3) is 0 Å². The lowest BCUT2D eigenvalue weighted by atomic mass is 9.95. The van der Waals surface area contributed by atoms with Crippen molar-refractivity contribution in [2.75, 3.05) is 20.3 Å². The monoisotopic (exact) mass is 275 g/mol. The Labute approximate surface area is 116 Å². The summed E-state index contributed by atoms with van der Waals surface area (Å²) in [6, 6.07) is 7.66. The molecule has 0 atom stereocenters. The van der Waals surface area contributed by atoms with E-state index in [4.69, 9.17) is 14.3 Å². The first kappa shape index (κ1) is 13.0. The van der Waals surface area contributed by atoms with E-state index in [0.29, 0.717) is 29.4 Å². The summed E-state index contributed by atoms with van der Waals surface area (Å²) in [6.45, 7) is 1.000. The maximum atomic E-state index is 11.9. The van der Waals surface area contributed by atoms with E-state index in [1.807, 2.05) is 6.07 Å². The number of ether oxygens (including phenoxy) is 2. The highest BCUT2D eigenvalue weighted by Gasteiger charge is 2.46. The predicted octanol–water partition coefficient (Wildman–Crippen LogP) is 2.26. The van der Waals surface area contributed by atoms with E-state index in [1.54, 1.807) is 12.1 Å². The lowest BCUT2D eigenvalue weighted by molar-refractivity contribution is -0.737. The second kappa shape index (κ2) is 4.85. The molecule has 2 aliphatic rings. The molecule has 1 aromatic carbocycles. The molecule has 3 rings (SSSR count). The number of rotatable bonds is 4. The molecule has 2 fully saturated rings. The summed E-state index contributed by atoms with van der Waals surface area (Å²) >= 11 is 0. The molecule has 1 aliphatic heterocycles. The van der Waals surface area contributed by atoms with E-state index in [9.17, 15) is 10.2 Å². The van der Waals surface area contributed by atoms with Crippen molar-refractivity contribution in [1.29, 1.82) is 5.26 Å². The molecule has 6 heteroatoms. The van der Waals surface area contributed by atoms with Crippen LogP contribution in [0.15, 0.2) is 18.2 Å². The Morgan fingerprint density at radius 2 is 2.10 bits per heavy atom. The molecular weight excluding hydrogens is 260 g/mol. The second-order valence-electron chi connectivity index (χ2n) is 4.98. The Morgan fingerprint density at radius 1 is 1.40 bits per heavy atom. The summed E-state index contributed by atoms with van der Waals surface area (Å²) < 4.78 is 10.9. The Kier molecular flexibility index (Phi) is 3.16. The van der Waals surface area contributed by atoms with Gasteiger partial charge in [0.1, 0.15) is 0 Å². The van der Waals surface area contributed by atoms with Gasteiger partial charge in [0.2, 0.25) is 0 Å². The van der Waals surface area contributed by atoms with Crippen LogP contribution < -0.4 is 0 Å². The Balaban J connectivity index is 2.02. The first-order valence-corrected chi connectivity index (χ1v) is 6.50. The smallest absolute Gasteiger partial charge is 0.325 e. The van der Waals surface area contributed by atoms with Crippen molar-refractivity contribution in [1.82, 2.24) is 0 Å². The molecule has 0 bridgehead atoms. The average Bonchev–Trinajstić information content (AvgIpc) is 3.11. The summed E-state index contributed by atoms with van der Waals surface area (Å²) in [6.07, 6.45) is 1.10. The van der Waals surface area contributed by atoms with Crippen molar-refractivity contribution in [3.05, 3.63) is 34.2 Å². The molecule has 1 heterocycles. The standard InChI is InChI=1S/C14H15N2O4/c1-18-16(17)12-8-10(14(9-15)4-5-14)2-3-11(12)13-19-6-7-20-13/h2-3,8,13H,4-7H2,1H3/q+1. The number of hydrogen-bond acceptors (Lipinski definition) is 5. The normalized spacial score (nSPS) is 20.4. The molecule has 1 saturated heterocycles. The van der Waals surface area contributed by atoms with Crippen molar-refractivity contribution in [2.24, 2.45) is 0 Å². The lowest BCUT2D eigenvalue weighted by Crippen LogP contribution is -2.10. The molecule has 0 amide bonds. The van der Waals surface area contributed by atoms with E-state index in [0.717, 1.165) is 18.4 Å². The topological polar surface area (TPSA) is 71.6 Å². The molecule has 6 nitrogen and oxygen atoms in total. The van der Waals surface area contributed by atoms with Crippen LogP contribution in [0.1, 0.15) is 30.3 Å². The highest BCUT2D eigenvalue weighted by atomic mass is 16.8. The van der Waals surface area contributed by atoms with Crippen LogP contribution in [-0.2, 0) is 19.7 Å². The SMILES string of the molecule is CO[N+](=O)c1cc(C2(C#N)CC2)ccc1C1OCCO1. The van der Waals surface area contributed by atoms with Gasteiger partial charge in [-0.25, -0.2) is 4.84 Å². The fourth-order valence-corrected chi connectivity index (χ4v) is 2.43. The molecule has 1 saturated carbocycles. The maximum absolute atomic E-state index is 11.9. The molecule has 1 aromatic rings. The van der Waals surface area contributed by atoms with Gasteiger partial charge in [-0.2, -0.15) is 5.26 Å². The van der Waals surface area contributed by atoms with E-state index in [1.165, 1.54) is 7.11 Å². The van der Waals surface area contributed by atoms with Gasteiger partial charge in [0.15, 0.2) is 13.4 Å². The molecule has 104 valence electrons. The van der Waals surface area contributed by atoms with E-state index < -0.39 is 11.7 Å². The van der Waals surface area contributed by atoms with E-state index >= 15 is 0 Å². The summed E-state index contributed by atoms with van der Waals surface area (Å²) in [5.41, 5.74) is 1.35. The molecule has 0 spiro atoms. The Bertz CT molecular complexity index is 583. The number of hydrogen-bond donors (Lipinski definition) is 0. The van der Waals surface area contributed by atoms with Crippen LogP contribution in [0.4, 0.5) is 5.69 Å². The van der Waals surface area contributed by atoms with Crippen molar-refractivity contribution < 1.29 is 19.2 Å². The van der Waals surface area contributed by atoms with Crippen LogP contribution >= 0.6 is 0 Å². The average molecular weight is 275 g/mol. The maximum Gasteiger partial charge on any atom is 0.325 e. The van der Waals surface area contributed by atoms with Gasteiger partial charge in [0.25, 0.3) is 4.92 Å². The van der Waals surface area contributed by atoms with Crippen LogP contribution in [0, 0.1) is 16.2 Å². The number of nitriles is 1. The molecule has 1 aliphatic carbocycles. The Hall–Kier alpha value is -1.97. The second-order valence-corrected chi connectivity index (χ2v) is 4.98. The molecular formula is C14H15N2O4+. The first-order chi connectivity index (χ1) is 9.70. The summed E-state index contributed by atoms with van der Waals surface area (Å²) in [5.74, 6) is 0. The zero-order valence-electron chi connectivity index (χ0n) is 11.2. The Morgan fingerprint density at radius 3 is 2.65 bits per heavy atom. The minimum Gasteiger partial charge on any atom is -0.346 e. The minimum absolute atomic E-state index is 0.332. The van der Waals surface area contributed by atoms with Crippen LogP contribution in [0.5, 0.6) is 0 Å². The molecule has 0 radical (unpaired) electrons. The lowest BCUT2D eigenvalue weighted by Gasteiger charge is -2.11. The van der Waals surface area contributed by atoms with Gasteiger partial charge in [-0.15, -0.1) is 0 Å². The van der Waals surface area contributed by atoms with Gasteiger partial charge >= 0.3 is 5.69 Å². The van der Waals surface area contributed by atoms with Crippen molar-refractivity contribution >= 4 is 5.69 Å². The van der Waals surface area contributed by atoms with Crippen LogP contribution in [-0.4, -0.2) is 25.2 Å².